The number of hydrogen-bond acceptors (Lipinski definition) is 7. The van der Waals surface area contributed by atoms with E-state index in [-0.39, 0.29) is 18.8 Å². The van der Waals surface area contributed by atoms with Crippen molar-refractivity contribution in [1.82, 2.24) is 15.0 Å². The topological polar surface area (TPSA) is 103 Å². The average Bonchev–Trinajstić information content (AvgIpc) is 2.65. The summed E-state index contributed by atoms with van der Waals surface area (Å²) in [5.41, 5.74) is 1.68. The van der Waals surface area contributed by atoms with Crippen LogP contribution < -0.4 is 10.6 Å². The summed E-state index contributed by atoms with van der Waals surface area (Å²) in [5, 5.41) is 25.2. The Morgan fingerprint density at radius 3 is 2.68 bits per heavy atom. The summed E-state index contributed by atoms with van der Waals surface area (Å²) in [6.45, 7) is 0.753. The number of pyridine rings is 1. The van der Waals surface area contributed by atoms with Crippen molar-refractivity contribution in [2.24, 2.45) is 0 Å². The Balaban J connectivity index is 1.81. The molecule has 1 aliphatic carbocycles. The maximum absolute atomic E-state index is 9.70. The molecular weight excluding hydrogens is 318 g/mol. The molecule has 7 heteroatoms. The highest BCUT2D eigenvalue weighted by Crippen LogP contribution is 2.28. The van der Waals surface area contributed by atoms with Crippen molar-refractivity contribution in [3.05, 3.63) is 30.6 Å². The number of nitrogens with one attached hydrogen (secondary N) is 2. The third-order valence-electron chi connectivity index (χ3n) is 4.39. The highest BCUT2D eigenvalue weighted by Gasteiger charge is 2.21. The molecule has 0 aromatic carbocycles. The van der Waals surface area contributed by atoms with E-state index in [0.29, 0.717) is 18.9 Å². The van der Waals surface area contributed by atoms with E-state index in [0.717, 1.165) is 42.8 Å². The van der Waals surface area contributed by atoms with Crippen LogP contribution in [0.15, 0.2) is 30.6 Å². The molecule has 0 atom stereocenters. The van der Waals surface area contributed by atoms with Gasteiger partial charge >= 0.3 is 0 Å². The lowest BCUT2D eigenvalue weighted by atomic mass is 9.93. The first kappa shape index (κ1) is 17.6. The Morgan fingerprint density at radius 1 is 1.12 bits per heavy atom. The zero-order valence-electron chi connectivity index (χ0n) is 14.2. The standard InChI is InChI=1S/C18H25N5O2/c24-11-3-10-20-18-21-12-15(16-4-1-2-9-19-16)17(23-18)22-13-5-7-14(25)8-6-13/h1-2,4,9,12-14,24-25H,3,5-8,10-11H2,(H2,20,21,22,23). The van der Waals surface area contributed by atoms with Crippen LogP contribution in [0.5, 0.6) is 0 Å². The van der Waals surface area contributed by atoms with E-state index in [2.05, 4.69) is 25.6 Å². The van der Waals surface area contributed by atoms with Gasteiger partial charge in [0.2, 0.25) is 5.95 Å². The van der Waals surface area contributed by atoms with Gasteiger partial charge in [0.05, 0.1) is 17.4 Å². The number of aromatic nitrogens is 3. The third-order valence-corrected chi connectivity index (χ3v) is 4.39. The first-order valence-corrected chi connectivity index (χ1v) is 8.84. The van der Waals surface area contributed by atoms with E-state index in [1.807, 2.05) is 18.2 Å². The van der Waals surface area contributed by atoms with Gasteiger partial charge in [-0.25, -0.2) is 4.98 Å². The van der Waals surface area contributed by atoms with Gasteiger partial charge in [0, 0.05) is 31.6 Å². The zero-order valence-corrected chi connectivity index (χ0v) is 14.2. The van der Waals surface area contributed by atoms with E-state index in [1.165, 1.54) is 0 Å². The lowest BCUT2D eigenvalue weighted by Crippen LogP contribution is -2.29. The van der Waals surface area contributed by atoms with Crippen LogP contribution in [0.2, 0.25) is 0 Å². The monoisotopic (exact) mass is 343 g/mol. The van der Waals surface area contributed by atoms with E-state index >= 15 is 0 Å². The van der Waals surface area contributed by atoms with Crippen molar-refractivity contribution in [3.8, 4) is 11.3 Å². The van der Waals surface area contributed by atoms with Crippen molar-refractivity contribution >= 4 is 11.8 Å². The summed E-state index contributed by atoms with van der Waals surface area (Å²) in [5.74, 6) is 1.29. The SMILES string of the molecule is OCCCNc1ncc(-c2ccccn2)c(NC2CCC(O)CC2)n1. The first-order chi connectivity index (χ1) is 12.3. The van der Waals surface area contributed by atoms with Gasteiger partial charge in [-0.2, -0.15) is 4.98 Å². The second-order valence-corrected chi connectivity index (χ2v) is 6.32. The molecule has 2 aromatic heterocycles. The highest BCUT2D eigenvalue weighted by molar-refractivity contribution is 5.72. The van der Waals surface area contributed by atoms with Crippen LogP contribution in [0.1, 0.15) is 32.1 Å². The van der Waals surface area contributed by atoms with Gasteiger partial charge in [0.15, 0.2) is 0 Å². The zero-order chi connectivity index (χ0) is 17.5. The van der Waals surface area contributed by atoms with Crippen LogP contribution in [-0.4, -0.2) is 50.5 Å². The molecular formula is C18H25N5O2. The van der Waals surface area contributed by atoms with Gasteiger partial charge in [0.25, 0.3) is 0 Å². The molecule has 0 amide bonds. The van der Waals surface area contributed by atoms with Gasteiger partial charge in [-0.05, 0) is 44.2 Å². The molecule has 0 unspecified atom stereocenters. The molecule has 1 aliphatic rings. The van der Waals surface area contributed by atoms with Gasteiger partial charge in [-0.1, -0.05) is 6.07 Å². The van der Waals surface area contributed by atoms with Crippen molar-refractivity contribution in [3.63, 3.8) is 0 Å². The molecule has 4 N–H and O–H groups in total. The Hall–Kier alpha value is -2.25. The molecule has 134 valence electrons. The molecule has 0 bridgehead atoms. The second-order valence-electron chi connectivity index (χ2n) is 6.32. The Bertz CT molecular complexity index is 660. The van der Waals surface area contributed by atoms with Crippen LogP contribution in [0.25, 0.3) is 11.3 Å². The van der Waals surface area contributed by atoms with Crippen molar-refractivity contribution in [2.75, 3.05) is 23.8 Å². The number of rotatable bonds is 7. The number of anilines is 2. The normalized spacial score (nSPS) is 20.2. The molecule has 1 saturated carbocycles. The van der Waals surface area contributed by atoms with Crippen LogP contribution >= 0.6 is 0 Å². The summed E-state index contributed by atoms with van der Waals surface area (Å²) in [6, 6.07) is 6.04. The summed E-state index contributed by atoms with van der Waals surface area (Å²) in [7, 11) is 0. The summed E-state index contributed by atoms with van der Waals surface area (Å²) < 4.78 is 0. The van der Waals surface area contributed by atoms with E-state index in [1.54, 1.807) is 12.4 Å². The van der Waals surface area contributed by atoms with Gasteiger partial charge in [0.1, 0.15) is 5.82 Å². The average molecular weight is 343 g/mol. The van der Waals surface area contributed by atoms with Crippen molar-refractivity contribution in [1.29, 1.82) is 0 Å². The molecule has 0 radical (unpaired) electrons. The Kier molecular flexibility index (Phi) is 6.14. The molecule has 25 heavy (non-hydrogen) atoms. The third kappa shape index (κ3) is 4.87. The molecule has 3 rings (SSSR count). The minimum atomic E-state index is -0.186. The quantitative estimate of drug-likeness (QED) is 0.571. The molecule has 1 fully saturated rings. The number of aliphatic hydroxyl groups excluding tert-OH is 2. The fourth-order valence-corrected chi connectivity index (χ4v) is 2.98. The van der Waals surface area contributed by atoms with Gasteiger partial charge in [-0.3, -0.25) is 4.98 Å². The lowest BCUT2D eigenvalue weighted by molar-refractivity contribution is 0.126. The largest absolute Gasteiger partial charge is 0.396 e. The van der Waals surface area contributed by atoms with E-state index in [4.69, 9.17) is 5.11 Å². The van der Waals surface area contributed by atoms with E-state index in [9.17, 15) is 5.11 Å². The number of aliphatic hydroxyl groups is 2. The minimum absolute atomic E-state index is 0.133. The summed E-state index contributed by atoms with van der Waals surface area (Å²) in [4.78, 5) is 13.4. The van der Waals surface area contributed by atoms with Crippen molar-refractivity contribution < 1.29 is 10.2 Å². The molecule has 2 aromatic rings. The second kappa shape index (κ2) is 8.73. The smallest absolute Gasteiger partial charge is 0.224 e. The molecule has 7 nitrogen and oxygen atoms in total. The van der Waals surface area contributed by atoms with Crippen LogP contribution in [0, 0.1) is 0 Å². The first-order valence-electron chi connectivity index (χ1n) is 8.84. The van der Waals surface area contributed by atoms with Gasteiger partial charge < -0.3 is 20.8 Å². The van der Waals surface area contributed by atoms with Crippen LogP contribution in [0.3, 0.4) is 0 Å². The van der Waals surface area contributed by atoms with Gasteiger partial charge in [-0.15, -0.1) is 0 Å². The van der Waals surface area contributed by atoms with E-state index < -0.39 is 0 Å². The molecule has 0 spiro atoms. The number of hydrogen-bond donors (Lipinski definition) is 4. The van der Waals surface area contributed by atoms with Crippen LogP contribution in [0.4, 0.5) is 11.8 Å². The Labute approximate surface area is 147 Å². The predicted octanol–water partition coefficient (Wildman–Crippen LogP) is 2.05. The molecule has 0 saturated heterocycles. The summed E-state index contributed by atoms with van der Waals surface area (Å²) in [6.07, 6.45) is 7.44. The minimum Gasteiger partial charge on any atom is -0.396 e. The Morgan fingerprint density at radius 2 is 1.96 bits per heavy atom. The highest BCUT2D eigenvalue weighted by atomic mass is 16.3. The lowest BCUT2D eigenvalue weighted by Gasteiger charge is -2.27. The fourth-order valence-electron chi connectivity index (χ4n) is 2.98. The summed E-state index contributed by atoms with van der Waals surface area (Å²) >= 11 is 0. The predicted molar refractivity (Wildman–Crippen MR) is 97.3 cm³/mol. The molecule has 2 heterocycles. The maximum atomic E-state index is 9.70. The maximum Gasteiger partial charge on any atom is 0.224 e. The van der Waals surface area contributed by atoms with Crippen LogP contribution in [-0.2, 0) is 0 Å². The van der Waals surface area contributed by atoms with Crippen molar-refractivity contribution in [2.45, 2.75) is 44.2 Å². The fraction of sp³-hybridized carbons (Fsp3) is 0.500. The molecule has 0 aliphatic heterocycles. The number of nitrogens with zero attached hydrogens (tertiary/aromatic N) is 3.